The third kappa shape index (κ3) is 5.73. The Hall–Kier alpha value is -5.32. The Morgan fingerprint density at radius 1 is 0.950 bits per heavy atom. The Balaban J connectivity index is 0.000000695. The van der Waals surface area contributed by atoms with E-state index in [4.69, 9.17) is 20.3 Å². The van der Waals surface area contributed by atoms with E-state index in [-0.39, 0.29) is 12.0 Å². The first-order valence-electron chi connectivity index (χ1n) is 12.3. The van der Waals surface area contributed by atoms with Crippen LogP contribution in [0, 0.1) is 5.82 Å². The maximum atomic E-state index is 14.3. The number of H-pyrrole nitrogens is 2. The highest BCUT2D eigenvalue weighted by Gasteiger charge is 2.17. The summed E-state index contributed by atoms with van der Waals surface area (Å²) in [5.74, 6) is 0.267. The van der Waals surface area contributed by atoms with Gasteiger partial charge in [0.2, 0.25) is 0 Å². The minimum atomic E-state index is -0.310. The molecule has 6 rings (SSSR count). The van der Waals surface area contributed by atoms with E-state index < -0.39 is 0 Å². The average Bonchev–Trinajstić information content (AvgIpc) is 3.58. The van der Waals surface area contributed by atoms with Crippen molar-refractivity contribution in [3.05, 3.63) is 72.7 Å². The van der Waals surface area contributed by atoms with Crippen molar-refractivity contribution >= 4 is 33.9 Å². The van der Waals surface area contributed by atoms with Crippen LogP contribution in [-0.2, 0) is 16.1 Å². The van der Waals surface area contributed by atoms with Gasteiger partial charge in [-0.2, -0.15) is 14.7 Å². The molecule has 0 aliphatic heterocycles. The van der Waals surface area contributed by atoms with Crippen LogP contribution in [0.15, 0.2) is 61.3 Å². The van der Waals surface area contributed by atoms with Crippen LogP contribution >= 0.6 is 0 Å². The number of rotatable bonds is 5. The molecule has 0 atom stereocenters. The fourth-order valence-electron chi connectivity index (χ4n) is 4.23. The van der Waals surface area contributed by atoms with Gasteiger partial charge in [-0.3, -0.25) is 15.1 Å². The molecule has 0 aliphatic carbocycles. The molecule has 6 aromatic rings. The molecule has 5 heterocycles. The maximum Gasteiger partial charge on any atom is 0.373 e. The molecule has 0 spiro atoms. The molecule has 40 heavy (non-hydrogen) atoms. The zero-order valence-electron chi connectivity index (χ0n) is 22.0. The standard InChI is InChI=1S/C25H20FN9.C2H6.CO2/c1-28-7-13-2-14(4-17(26)3-13)20-11-30-12-21-22(20)33-25(32-21)23-19-6-16(9-31-24(19)35-34-23)15-5-18(27)10-29-8-15;1-2;2-1-3/h2-6,8-12,28H,7,27H2,1H3,(H,32,33)(H,31,34,35);1-2H3;. The SMILES string of the molecule is CC.CNCc1cc(F)cc(-c2cncc3[nH]c(-c4[nH]nc5ncc(-c6cncc(N)c6)cc45)nc23)c1.O=C=O. The van der Waals surface area contributed by atoms with Gasteiger partial charge in [0.15, 0.2) is 11.5 Å². The third-order valence-electron chi connectivity index (χ3n) is 5.78. The number of nitrogens with two attached hydrogens (primary N) is 1. The third-order valence-corrected chi connectivity index (χ3v) is 5.78. The summed E-state index contributed by atoms with van der Waals surface area (Å²) in [6.07, 6.45) is 8.71. The number of aromatic amines is 2. The van der Waals surface area contributed by atoms with Crippen LogP contribution in [0.3, 0.4) is 0 Å². The largest absolute Gasteiger partial charge is 0.397 e. The zero-order valence-corrected chi connectivity index (χ0v) is 22.0. The van der Waals surface area contributed by atoms with Crippen LogP contribution in [-0.4, -0.2) is 48.3 Å². The molecule has 0 bridgehead atoms. The Morgan fingerprint density at radius 3 is 2.45 bits per heavy atom. The maximum absolute atomic E-state index is 14.3. The highest BCUT2D eigenvalue weighted by molar-refractivity contribution is 5.96. The number of hydrogen-bond donors (Lipinski definition) is 4. The van der Waals surface area contributed by atoms with Crippen molar-refractivity contribution in [3.8, 4) is 33.8 Å². The lowest BCUT2D eigenvalue weighted by Crippen LogP contribution is -2.05. The normalized spacial score (nSPS) is 10.4. The summed E-state index contributed by atoms with van der Waals surface area (Å²) in [6.45, 7) is 4.55. The van der Waals surface area contributed by atoms with Crippen molar-refractivity contribution < 1.29 is 14.0 Å². The smallest absolute Gasteiger partial charge is 0.373 e. The number of nitrogens with one attached hydrogen (secondary N) is 3. The zero-order chi connectivity index (χ0) is 28.6. The van der Waals surface area contributed by atoms with Crippen molar-refractivity contribution in [1.82, 2.24) is 40.4 Å². The van der Waals surface area contributed by atoms with Crippen molar-refractivity contribution in [2.45, 2.75) is 20.4 Å². The second-order valence-electron chi connectivity index (χ2n) is 8.33. The van der Waals surface area contributed by atoms with Gasteiger partial charge >= 0.3 is 6.15 Å². The fraction of sp³-hybridized carbons (Fsp3) is 0.143. The Labute approximate surface area is 228 Å². The second kappa shape index (κ2) is 12.5. The molecule has 5 N–H and O–H groups in total. The number of nitrogens with zero attached hydrogens (tertiary/aromatic N) is 5. The Bertz CT molecular complexity index is 1810. The summed E-state index contributed by atoms with van der Waals surface area (Å²) in [6, 6.07) is 8.76. The van der Waals surface area contributed by atoms with Gasteiger partial charge in [-0.05, 0) is 48.5 Å². The lowest BCUT2D eigenvalue weighted by molar-refractivity contribution is -0.191. The van der Waals surface area contributed by atoms with Crippen molar-refractivity contribution in [2.24, 2.45) is 0 Å². The first-order valence-corrected chi connectivity index (χ1v) is 12.3. The Morgan fingerprint density at radius 2 is 1.70 bits per heavy atom. The minimum Gasteiger partial charge on any atom is -0.397 e. The Kier molecular flexibility index (Phi) is 8.65. The predicted molar refractivity (Wildman–Crippen MR) is 149 cm³/mol. The summed E-state index contributed by atoms with van der Waals surface area (Å²) in [5.41, 5.74) is 13.1. The van der Waals surface area contributed by atoms with Gasteiger partial charge in [-0.15, -0.1) is 0 Å². The highest BCUT2D eigenvalue weighted by atomic mass is 19.1. The number of anilines is 1. The molecule has 0 fully saturated rings. The monoisotopic (exact) mass is 539 g/mol. The lowest BCUT2D eigenvalue weighted by atomic mass is 10.0. The van der Waals surface area contributed by atoms with Crippen LogP contribution in [0.5, 0.6) is 0 Å². The second-order valence-corrected chi connectivity index (χ2v) is 8.33. The minimum absolute atomic E-state index is 0.250. The average molecular weight is 540 g/mol. The molecule has 0 aliphatic rings. The highest BCUT2D eigenvalue weighted by Crippen LogP contribution is 2.32. The molecule has 11 nitrogen and oxygen atoms in total. The molecule has 1 aromatic carbocycles. The van der Waals surface area contributed by atoms with Gasteiger partial charge in [0.05, 0.1) is 28.3 Å². The van der Waals surface area contributed by atoms with Gasteiger partial charge < -0.3 is 16.0 Å². The van der Waals surface area contributed by atoms with Gasteiger partial charge in [-0.1, -0.05) is 13.8 Å². The quantitative estimate of drug-likeness (QED) is 0.246. The van der Waals surface area contributed by atoms with E-state index in [9.17, 15) is 4.39 Å². The van der Waals surface area contributed by atoms with Gasteiger partial charge in [0.1, 0.15) is 11.5 Å². The first kappa shape index (κ1) is 27.7. The molecule has 0 unspecified atom stereocenters. The number of carbonyl (C=O) groups excluding carboxylic acids is 2. The molecule has 5 aromatic heterocycles. The summed E-state index contributed by atoms with van der Waals surface area (Å²) in [4.78, 5) is 37.4. The predicted octanol–water partition coefficient (Wildman–Crippen LogP) is 4.51. The molecule has 0 amide bonds. The summed E-state index contributed by atoms with van der Waals surface area (Å²) < 4.78 is 14.3. The van der Waals surface area contributed by atoms with Gasteiger partial charge in [0, 0.05) is 48.0 Å². The van der Waals surface area contributed by atoms with Crippen LogP contribution in [0.2, 0.25) is 0 Å². The number of imidazole rings is 1. The van der Waals surface area contributed by atoms with Crippen LogP contribution in [0.25, 0.3) is 55.8 Å². The van der Waals surface area contributed by atoms with Crippen LogP contribution in [0.4, 0.5) is 10.1 Å². The molecule has 0 radical (unpaired) electrons. The van der Waals surface area contributed by atoms with E-state index in [1.807, 2.05) is 39.1 Å². The van der Waals surface area contributed by atoms with E-state index in [2.05, 4.69) is 35.5 Å². The number of hydrogen-bond acceptors (Lipinski definition) is 9. The van der Waals surface area contributed by atoms with Crippen LogP contribution < -0.4 is 11.1 Å². The number of nitrogen functional groups attached to an aromatic ring is 1. The number of aromatic nitrogens is 7. The van der Waals surface area contributed by atoms with Crippen molar-refractivity contribution in [2.75, 3.05) is 12.8 Å². The molecule has 0 saturated heterocycles. The van der Waals surface area contributed by atoms with Crippen molar-refractivity contribution in [3.63, 3.8) is 0 Å². The lowest BCUT2D eigenvalue weighted by Gasteiger charge is -2.06. The molecule has 12 heteroatoms. The van der Waals surface area contributed by atoms with Crippen molar-refractivity contribution in [1.29, 1.82) is 0 Å². The fourth-order valence-corrected chi connectivity index (χ4v) is 4.23. The molecule has 202 valence electrons. The number of fused-ring (bicyclic) bond motifs is 2. The summed E-state index contributed by atoms with van der Waals surface area (Å²) in [7, 11) is 1.82. The van der Waals surface area contributed by atoms with E-state index in [1.54, 1.807) is 31.0 Å². The van der Waals surface area contributed by atoms with Gasteiger partial charge in [-0.25, -0.2) is 14.4 Å². The first-order chi connectivity index (χ1) is 19.5. The number of pyridine rings is 3. The van der Waals surface area contributed by atoms with E-state index in [0.717, 1.165) is 33.2 Å². The van der Waals surface area contributed by atoms with E-state index >= 15 is 0 Å². The van der Waals surface area contributed by atoms with E-state index in [0.29, 0.717) is 40.5 Å². The summed E-state index contributed by atoms with van der Waals surface area (Å²) in [5, 5.41) is 11.2. The molecular weight excluding hydrogens is 513 g/mol. The summed E-state index contributed by atoms with van der Waals surface area (Å²) >= 11 is 0. The molecule has 0 saturated carbocycles. The number of halogens is 1. The van der Waals surface area contributed by atoms with E-state index in [1.165, 1.54) is 12.1 Å². The number of benzene rings is 1. The molecular formula is C28H26FN9O2. The van der Waals surface area contributed by atoms with Crippen LogP contribution in [0.1, 0.15) is 19.4 Å². The van der Waals surface area contributed by atoms with Gasteiger partial charge in [0.25, 0.3) is 0 Å². The topological polar surface area (TPSA) is 168 Å².